The van der Waals surface area contributed by atoms with E-state index in [2.05, 4.69) is 24.1 Å². The highest BCUT2D eigenvalue weighted by atomic mass is 35.5. The second-order valence-electron chi connectivity index (χ2n) is 9.27. The van der Waals surface area contributed by atoms with Crippen molar-refractivity contribution in [2.75, 3.05) is 31.6 Å². The maximum absolute atomic E-state index is 12.8. The lowest BCUT2D eigenvalue weighted by Gasteiger charge is -2.26. The molecule has 1 N–H and O–H groups in total. The molecule has 5 rings (SSSR count). The summed E-state index contributed by atoms with van der Waals surface area (Å²) in [6, 6.07) is 17.3. The fourth-order valence-electron chi connectivity index (χ4n) is 4.31. The van der Waals surface area contributed by atoms with Crippen molar-refractivity contribution in [1.29, 1.82) is 0 Å². The van der Waals surface area contributed by atoms with E-state index >= 15 is 0 Å². The standard InChI is InChI=1S/C28H29ClN2O4.ClH/c1-18(2)26-16-21-14-22(29)13-20(27(21)35-26)15-24-7-8-25(34-24)28(32)30-23-5-3-19(4-6-23)17-31-9-11-33-12-10-31;/h3-8,13-14,16,18H,9-12,15,17H2,1-2H3,(H,30,32);1H. The van der Waals surface area contributed by atoms with Gasteiger partial charge in [0.25, 0.3) is 5.91 Å². The number of ether oxygens (including phenoxy) is 1. The molecule has 1 fully saturated rings. The van der Waals surface area contributed by atoms with Crippen molar-refractivity contribution >= 4 is 46.6 Å². The minimum absolute atomic E-state index is 0. The number of hydrogen-bond acceptors (Lipinski definition) is 5. The van der Waals surface area contributed by atoms with E-state index in [0.29, 0.717) is 17.2 Å². The molecule has 1 aliphatic heterocycles. The Labute approximate surface area is 222 Å². The number of nitrogens with one attached hydrogen (secondary N) is 1. The summed E-state index contributed by atoms with van der Waals surface area (Å²) in [7, 11) is 0. The van der Waals surface area contributed by atoms with Gasteiger partial charge in [0.15, 0.2) is 5.76 Å². The van der Waals surface area contributed by atoms with Gasteiger partial charge >= 0.3 is 0 Å². The van der Waals surface area contributed by atoms with Crippen LogP contribution >= 0.6 is 24.0 Å². The highest BCUT2D eigenvalue weighted by Gasteiger charge is 2.16. The summed E-state index contributed by atoms with van der Waals surface area (Å²) in [5.74, 6) is 1.84. The van der Waals surface area contributed by atoms with Gasteiger partial charge in [-0.15, -0.1) is 12.4 Å². The molecule has 1 amide bonds. The zero-order chi connectivity index (χ0) is 24.4. The Morgan fingerprint density at radius 2 is 1.78 bits per heavy atom. The Morgan fingerprint density at radius 3 is 2.50 bits per heavy atom. The molecule has 190 valence electrons. The van der Waals surface area contributed by atoms with E-state index in [0.717, 1.165) is 60.8 Å². The molecule has 8 heteroatoms. The molecule has 3 heterocycles. The number of halogens is 2. The minimum atomic E-state index is -0.284. The zero-order valence-electron chi connectivity index (χ0n) is 20.4. The highest BCUT2D eigenvalue weighted by molar-refractivity contribution is 6.31. The molecule has 0 atom stereocenters. The molecule has 0 unspecified atom stereocenters. The van der Waals surface area contributed by atoms with Crippen LogP contribution in [0.2, 0.25) is 5.02 Å². The number of carbonyl (C=O) groups excluding carboxylic acids is 1. The van der Waals surface area contributed by atoms with Crippen molar-refractivity contribution in [3.05, 3.63) is 88.0 Å². The van der Waals surface area contributed by atoms with E-state index in [1.165, 1.54) is 5.56 Å². The van der Waals surface area contributed by atoms with Crippen molar-refractivity contribution in [2.45, 2.75) is 32.7 Å². The molecular weight excluding hydrogens is 499 g/mol. The van der Waals surface area contributed by atoms with Crippen LogP contribution in [0.5, 0.6) is 0 Å². The first-order chi connectivity index (χ1) is 16.9. The first-order valence-electron chi connectivity index (χ1n) is 12.0. The third-order valence-electron chi connectivity index (χ3n) is 6.22. The maximum atomic E-state index is 12.8. The average molecular weight is 529 g/mol. The average Bonchev–Trinajstić information content (AvgIpc) is 3.48. The smallest absolute Gasteiger partial charge is 0.291 e. The van der Waals surface area contributed by atoms with E-state index in [1.807, 2.05) is 48.5 Å². The first-order valence-corrected chi connectivity index (χ1v) is 12.3. The van der Waals surface area contributed by atoms with Gasteiger partial charge in [0.2, 0.25) is 0 Å². The second-order valence-corrected chi connectivity index (χ2v) is 9.71. The fraction of sp³-hybridized carbons (Fsp3) is 0.321. The van der Waals surface area contributed by atoms with Gasteiger partial charge in [-0.05, 0) is 48.0 Å². The SMILES string of the molecule is CC(C)c1cc2cc(Cl)cc(Cc3ccc(C(=O)Nc4ccc(CN5CCOCC5)cc4)o3)c2o1.Cl. The topological polar surface area (TPSA) is 67.9 Å². The number of rotatable bonds is 7. The zero-order valence-corrected chi connectivity index (χ0v) is 22.0. The van der Waals surface area contributed by atoms with E-state index in [-0.39, 0.29) is 30.0 Å². The first kappa shape index (κ1) is 26.3. The Morgan fingerprint density at radius 1 is 1.03 bits per heavy atom. The molecule has 0 saturated carbocycles. The number of anilines is 1. The van der Waals surface area contributed by atoms with Crippen LogP contribution in [-0.4, -0.2) is 37.1 Å². The van der Waals surface area contributed by atoms with Crippen molar-refractivity contribution in [3.63, 3.8) is 0 Å². The Bertz CT molecular complexity index is 1320. The number of morpholine rings is 1. The maximum Gasteiger partial charge on any atom is 0.291 e. The van der Waals surface area contributed by atoms with Gasteiger partial charge in [-0.2, -0.15) is 0 Å². The summed E-state index contributed by atoms with van der Waals surface area (Å²) in [6.45, 7) is 8.51. The van der Waals surface area contributed by atoms with Crippen LogP contribution < -0.4 is 5.32 Å². The molecule has 0 aliphatic carbocycles. The predicted octanol–water partition coefficient (Wildman–Crippen LogP) is 6.90. The monoisotopic (exact) mass is 528 g/mol. The summed E-state index contributed by atoms with van der Waals surface area (Å²) < 4.78 is 17.4. The molecule has 1 aliphatic rings. The third-order valence-corrected chi connectivity index (χ3v) is 6.44. The number of hydrogen-bond donors (Lipinski definition) is 1. The molecule has 0 radical (unpaired) electrons. The van der Waals surface area contributed by atoms with Crippen molar-refractivity contribution in [2.24, 2.45) is 0 Å². The number of amides is 1. The van der Waals surface area contributed by atoms with Crippen molar-refractivity contribution in [1.82, 2.24) is 4.90 Å². The summed E-state index contributed by atoms with van der Waals surface area (Å²) in [5, 5.41) is 4.53. The summed E-state index contributed by atoms with van der Waals surface area (Å²) in [4.78, 5) is 15.1. The Balaban J connectivity index is 0.00000304. The van der Waals surface area contributed by atoms with Gasteiger partial charge in [0, 0.05) is 53.6 Å². The fourth-order valence-corrected chi connectivity index (χ4v) is 4.56. The van der Waals surface area contributed by atoms with E-state index in [9.17, 15) is 4.79 Å². The van der Waals surface area contributed by atoms with Gasteiger partial charge in [-0.3, -0.25) is 9.69 Å². The quantitative estimate of drug-likeness (QED) is 0.282. The van der Waals surface area contributed by atoms with Gasteiger partial charge in [-0.1, -0.05) is 37.6 Å². The number of nitrogens with zero attached hydrogens (tertiary/aromatic N) is 1. The van der Waals surface area contributed by atoms with Crippen LogP contribution in [0.4, 0.5) is 5.69 Å². The van der Waals surface area contributed by atoms with E-state index < -0.39 is 0 Å². The normalized spacial score (nSPS) is 14.2. The summed E-state index contributed by atoms with van der Waals surface area (Å²) >= 11 is 6.35. The number of furan rings is 2. The Kier molecular flexibility index (Phi) is 8.42. The minimum Gasteiger partial charge on any atom is -0.461 e. The lowest BCUT2D eigenvalue weighted by atomic mass is 10.1. The van der Waals surface area contributed by atoms with Crippen LogP contribution in [-0.2, 0) is 17.7 Å². The van der Waals surface area contributed by atoms with Crippen molar-refractivity contribution < 1.29 is 18.4 Å². The Hall–Kier alpha value is -2.77. The van der Waals surface area contributed by atoms with Gasteiger partial charge < -0.3 is 18.9 Å². The lowest BCUT2D eigenvalue weighted by molar-refractivity contribution is 0.0342. The number of carbonyl (C=O) groups is 1. The summed E-state index contributed by atoms with van der Waals surface area (Å²) in [6.07, 6.45) is 0.478. The molecule has 2 aromatic heterocycles. The predicted molar refractivity (Wildman–Crippen MR) is 145 cm³/mol. The molecule has 0 spiro atoms. The van der Waals surface area contributed by atoms with Crippen LogP contribution in [0.25, 0.3) is 11.0 Å². The third kappa shape index (κ3) is 6.13. The van der Waals surface area contributed by atoms with Crippen LogP contribution in [0.1, 0.15) is 53.0 Å². The van der Waals surface area contributed by atoms with Gasteiger partial charge in [-0.25, -0.2) is 0 Å². The lowest BCUT2D eigenvalue weighted by Crippen LogP contribution is -2.35. The highest BCUT2D eigenvalue weighted by Crippen LogP contribution is 2.32. The molecule has 6 nitrogen and oxygen atoms in total. The largest absolute Gasteiger partial charge is 0.461 e. The van der Waals surface area contributed by atoms with Crippen molar-refractivity contribution in [3.8, 4) is 0 Å². The van der Waals surface area contributed by atoms with E-state index in [1.54, 1.807) is 6.07 Å². The van der Waals surface area contributed by atoms with Gasteiger partial charge in [0.05, 0.1) is 13.2 Å². The second kappa shape index (κ2) is 11.5. The van der Waals surface area contributed by atoms with E-state index in [4.69, 9.17) is 25.2 Å². The molecule has 1 saturated heterocycles. The molecular formula is C28H30Cl2N2O4. The van der Waals surface area contributed by atoms with Crippen LogP contribution in [0.15, 0.2) is 63.4 Å². The molecule has 2 aromatic carbocycles. The van der Waals surface area contributed by atoms with Crippen LogP contribution in [0.3, 0.4) is 0 Å². The van der Waals surface area contributed by atoms with Crippen LogP contribution in [0, 0.1) is 0 Å². The molecule has 4 aromatic rings. The molecule has 36 heavy (non-hydrogen) atoms. The summed E-state index contributed by atoms with van der Waals surface area (Å²) in [5.41, 5.74) is 3.66. The number of fused-ring (bicyclic) bond motifs is 1. The van der Waals surface area contributed by atoms with Gasteiger partial charge in [0.1, 0.15) is 17.1 Å². The number of benzene rings is 2. The molecule has 0 bridgehead atoms.